The highest BCUT2D eigenvalue weighted by molar-refractivity contribution is 7.08. The summed E-state index contributed by atoms with van der Waals surface area (Å²) in [5.74, 6) is 0.957. The van der Waals surface area contributed by atoms with Crippen molar-refractivity contribution in [1.29, 1.82) is 0 Å². The number of anilines is 1. The maximum absolute atomic E-state index is 12.3. The standard InChI is InChI=1S/C19H17NO3S/c1-22-18-11-15(19(21)20-16-9-10-24-13-16)7-8-17(18)23-12-14-5-3-2-4-6-14/h2-11,13H,12H2,1H3,(H,20,21). The maximum Gasteiger partial charge on any atom is 0.255 e. The minimum atomic E-state index is -0.179. The summed E-state index contributed by atoms with van der Waals surface area (Å²) in [7, 11) is 1.56. The summed E-state index contributed by atoms with van der Waals surface area (Å²) in [6.45, 7) is 0.442. The predicted octanol–water partition coefficient (Wildman–Crippen LogP) is 4.59. The number of hydrogen-bond acceptors (Lipinski definition) is 4. The van der Waals surface area contributed by atoms with E-state index in [-0.39, 0.29) is 5.91 Å². The second-order valence-electron chi connectivity index (χ2n) is 5.11. The number of thiophene rings is 1. The second kappa shape index (κ2) is 7.66. The molecule has 0 radical (unpaired) electrons. The van der Waals surface area contributed by atoms with E-state index in [0.717, 1.165) is 11.3 Å². The molecule has 5 heteroatoms. The summed E-state index contributed by atoms with van der Waals surface area (Å²) in [4.78, 5) is 12.3. The van der Waals surface area contributed by atoms with Crippen molar-refractivity contribution in [2.45, 2.75) is 6.61 Å². The highest BCUT2D eigenvalue weighted by Crippen LogP contribution is 2.29. The number of carbonyl (C=O) groups is 1. The summed E-state index contributed by atoms with van der Waals surface area (Å²) in [5.41, 5.74) is 2.37. The zero-order valence-electron chi connectivity index (χ0n) is 13.2. The van der Waals surface area contributed by atoms with Crippen LogP contribution in [-0.2, 0) is 6.61 Å². The second-order valence-corrected chi connectivity index (χ2v) is 5.89. The van der Waals surface area contributed by atoms with E-state index < -0.39 is 0 Å². The number of rotatable bonds is 6. The van der Waals surface area contributed by atoms with E-state index in [1.165, 1.54) is 11.3 Å². The average Bonchev–Trinajstić information content (AvgIpc) is 3.13. The van der Waals surface area contributed by atoms with Crippen molar-refractivity contribution >= 4 is 22.9 Å². The van der Waals surface area contributed by atoms with Crippen LogP contribution >= 0.6 is 11.3 Å². The van der Waals surface area contributed by atoms with Gasteiger partial charge in [0.1, 0.15) is 6.61 Å². The zero-order valence-corrected chi connectivity index (χ0v) is 14.0. The van der Waals surface area contributed by atoms with Crippen LogP contribution in [-0.4, -0.2) is 13.0 Å². The van der Waals surface area contributed by atoms with E-state index in [4.69, 9.17) is 9.47 Å². The Labute approximate surface area is 144 Å². The molecule has 0 aliphatic carbocycles. The zero-order chi connectivity index (χ0) is 16.8. The molecular weight excluding hydrogens is 322 g/mol. The van der Waals surface area contributed by atoms with Crippen molar-refractivity contribution in [2.75, 3.05) is 12.4 Å². The summed E-state index contributed by atoms with van der Waals surface area (Å²) in [5, 5.41) is 6.64. The minimum Gasteiger partial charge on any atom is -0.493 e. The van der Waals surface area contributed by atoms with Crippen LogP contribution in [0, 0.1) is 0 Å². The lowest BCUT2D eigenvalue weighted by Gasteiger charge is -2.12. The molecule has 1 N–H and O–H groups in total. The smallest absolute Gasteiger partial charge is 0.255 e. The number of methoxy groups -OCH3 is 1. The number of ether oxygens (including phenoxy) is 2. The van der Waals surface area contributed by atoms with E-state index in [2.05, 4.69) is 5.32 Å². The van der Waals surface area contributed by atoms with Crippen molar-refractivity contribution in [3.05, 3.63) is 76.5 Å². The third-order valence-corrected chi connectivity index (χ3v) is 4.13. The molecule has 1 amide bonds. The molecule has 0 saturated heterocycles. The van der Waals surface area contributed by atoms with Gasteiger partial charge >= 0.3 is 0 Å². The van der Waals surface area contributed by atoms with Crippen LogP contribution in [0.15, 0.2) is 65.4 Å². The Balaban J connectivity index is 1.71. The van der Waals surface area contributed by atoms with Crippen LogP contribution in [0.4, 0.5) is 5.69 Å². The van der Waals surface area contributed by atoms with Crippen LogP contribution in [0.25, 0.3) is 0 Å². The van der Waals surface area contributed by atoms with Gasteiger partial charge in [0.05, 0.1) is 12.8 Å². The van der Waals surface area contributed by atoms with Gasteiger partial charge in [0.2, 0.25) is 0 Å². The van der Waals surface area contributed by atoms with Crippen LogP contribution in [0.2, 0.25) is 0 Å². The van der Waals surface area contributed by atoms with Crippen molar-refractivity contribution in [1.82, 2.24) is 0 Å². The van der Waals surface area contributed by atoms with Crippen LogP contribution in [0.5, 0.6) is 11.5 Å². The fraction of sp³-hybridized carbons (Fsp3) is 0.105. The van der Waals surface area contributed by atoms with Gasteiger partial charge in [-0.05, 0) is 35.2 Å². The number of carbonyl (C=O) groups excluding carboxylic acids is 1. The molecule has 1 aromatic heterocycles. The van der Waals surface area contributed by atoms with E-state index >= 15 is 0 Å². The van der Waals surface area contributed by atoms with Gasteiger partial charge in [-0.25, -0.2) is 0 Å². The lowest BCUT2D eigenvalue weighted by atomic mass is 10.2. The Morgan fingerprint density at radius 3 is 2.62 bits per heavy atom. The number of hydrogen-bond donors (Lipinski definition) is 1. The van der Waals surface area contributed by atoms with Crippen LogP contribution in [0.1, 0.15) is 15.9 Å². The largest absolute Gasteiger partial charge is 0.493 e. The maximum atomic E-state index is 12.3. The molecule has 0 unspecified atom stereocenters. The third kappa shape index (κ3) is 3.94. The fourth-order valence-electron chi connectivity index (χ4n) is 2.20. The molecule has 1 heterocycles. The molecule has 2 aromatic carbocycles. The number of nitrogens with one attached hydrogen (secondary N) is 1. The monoisotopic (exact) mass is 339 g/mol. The van der Waals surface area contributed by atoms with Gasteiger partial charge < -0.3 is 14.8 Å². The highest BCUT2D eigenvalue weighted by Gasteiger charge is 2.12. The minimum absolute atomic E-state index is 0.179. The molecular formula is C19H17NO3S. The van der Waals surface area contributed by atoms with Gasteiger partial charge in [-0.3, -0.25) is 4.79 Å². The van der Waals surface area contributed by atoms with Crippen LogP contribution in [0.3, 0.4) is 0 Å². The van der Waals surface area contributed by atoms with E-state index in [1.54, 1.807) is 25.3 Å². The van der Waals surface area contributed by atoms with E-state index in [9.17, 15) is 4.79 Å². The SMILES string of the molecule is COc1cc(C(=O)Nc2ccsc2)ccc1OCc1ccccc1. The summed E-state index contributed by atoms with van der Waals surface area (Å²) in [6.07, 6.45) is 0. The van der Waals surface area contributed by atoms with Gasteiger partial charge in [0, 0.05) is 10.9 Å². The summed E-state index contributed by atoms with van der Waals surface area (Å²) >= 11 is 1.53. The normalized spacial score (nSPS) is 10.2. The lowest BCUT2D eigenvalue weighted by molar-refractivity contribution is 0.102. The topological polar surface area (TPSA) is 47.6 Å². The van der Waals surface area contributed by atoms with Crippen molar-refractivity contribution in [3.8, 4) is 11.5 Å². The molecule has 0 atom stereocenters. The molecule has 0 fully saturated rings. The molecule has 0 bridgehead atoms. The van der Waals surface area contributed by atoms with Gasteiger partial charge in [-0.2, -0.15) is 11.3 Å². The van der Waals surface area contributed by atoms with Crippen molar-refractivity contribution in [3.63, 3.8) is 0 Å². The van der Waals surface area contributed by atoms with Crippen LogP contribution < -0.4 is 14.8 Å². The Bertz CT molecular complexity index is 801. The molecule has 0 saturated carbocycles. The average molecular weight is 339 g/mol. The number of amides is 1. The summed E-state index contributed by atoms with van der Waals surface area (Å²) in [6, 6.07) is 16.9. The Hall–Kier alpha value is -2.79. The molecule has 4 nitrogen and oxygen atoms in total. The van der Waals surface area contributed by atoms with Gasteiger partial charge in [0.25, 0.3) is 5.91 Å². The first-order valence-corrected chi connectivity index (χ1v) is 8.39. The Morgan fingerprint density at radius 2 is 1.92 bits per heavy atom. The van der Waals surface area contributed by atoms with Crippen molar-refractivity contribution < 1.29 is 14.3 Å². The quantitative estimate of drug-likeness (QED) is 0.714. The third-order valence-electron chi connectivity index (χ3n) is 3.44. The molecule has 0 aliphatic heterocycles. The van der Waals surface area contributed by atoms with E-state index in [1.807, 2.05) is 47.2 Å². The molecule has 0 aliphatic rings. The molecule has 3 aromatic rings. The van der Waals surface area contributed by atoms with Gasteiger partial charge in [-0.15, -0.1) is 0 Å². The predicted molar refractivity (Wildman–Crippen MR) is 96.0 cm³/mol. The first-order chi connectivity index (χ1) is 11.8. The molecule has 24 heavy (non-hydrogen) atoms. The number of benzene rings is 2. The first kappa shape index (κ1) is 16.1. The molecule has 3 rings (SSSR count). The van der Waals surface area contributed by atoms with Gasteiger partial charge in [0.15, 0.2) is 11.5 Å². The van der Waals surface area contributed by atoms with E-state index in [0.29, 0.717) is 23.7 Å². The molecule has 122 valence electrons. The Morgan fingerprint density at radius 1 is 1.08 bits per heavy atom. The lowest BCUT2D eigenvalue weighted by Crippen LogP contribution is -2.11. The highest BCUT2D eigenvalue weighted by atomic mass is 32.1. The molecule has 0 spiro atoms. The Kier molecular flexibility index (Phi) is 5.13. The van der Waals surface area contributed by atoms with Gasteiger partial charge in [-0.1, -0.05) is 30.3 Å². The first-order valence-electron chi connectivity index (χ1n) is 7.44. The summed E-state index contributed by atoms with van der Waals surface area (Å²) < 4.78 is 11.2. The van der Waals surface area contributed by atoms with Crippen molar-refractivity contribution in [2.24, 2.45) is 0 Å². The fourth-order valence-corrected chi connectivity index (χ4v) is 2.79.